The predicted octanol–water partition coefficient (Wildman–Crippen LogP) is 2.62. The number of aliphatic hydroxyl groups is 4. The van der Waals surface area contributed by atoms with Crippen molar-refractivity contribution in [3.05, 3.63) is 94.3 Å². The minimum absolute atomic E-state index is 0.163. The molecule has 0 aliphatic carbocycles. The van der Waals surface area contributed by atoms with Crippen LogP contribution in [0.5, 0.6) is 11.5 Å². The third kappa shape index (κ3) is 5.49. The highest BCUT2D eigenvalue weighted by Gasteiger charge is 2.44. The fraction of sp³-hybridized carbons (Fsp3) is 0.379. The number of halogens is 1. The number of aryl methyl sites for hydroxylation is 1. The van der Waals surface area contributed by atoms with E-state index in [2.05, 4.69) is 0 Å². The molecule has 7 nitrogen and oxygen atoms in total. The number of hydrogen-bond acceptors (Lipinski definition) is 7. The molecular formula is C29H31FO7. The zero-order chi connectivity index (χ0) is 26.1. The Kier molecular flexibility index (Phi) is 7.46. The first-order chi connectivity index (χ1) is 17.8. The van der Waals surface area contributed by atoms with Crippen molar-refractivity contribution in [1.82, 2.24) is 0 Å². The second-order valence-electron chi connectivity index (χ2n) is 9.76. The molecule has 3 aromatic carbocycles. The van der Waals surface area contributed by atoms with Crippen LogP contribution in [-0.2, 0) is 17.6 Å². The Labute approximate surface area is 214 Å². The molecule has 1 unspecified atom stereocenters. The number of hydrogen-bond donors (Lipinski definition) is 4. The fourth-order valence-electron chi connectivity index (χ4n) is 4.93. The first-order valence-electron chi connectivity index (χ1n) is 12.4. The second-order valence-corrected chi connectivity index (χ2v) is 9.76. The number of aliphatic hydroxyl groups excluding tert-OH is 4. The lowest BCUT2D eigenvalue weighted by molar-refractivity contribution is -0.231. The number of fused-ring (bicyclic) bond motifs is 1. The van der Waals surface area contributed by atoms with E-state index in [0.717, 1.165) is 22.3 Å². The van der Waals surface area contributed by atoms with E-state index in [1.165, 1.54) is 12.1 Å². The summed E-state index contributed by atoms with van der Waals surface area (Å²) in [6, 6.07) is 18.0. The Morgan fingerprint density at radius 3 is 2.49 bits per heavy atom. The van der Waals surface area contributed by atoms with Gasteiger partial charge in [-0.25, -0.2) is 4.39 Å². The largest absolute Gasteiger partial charge is 0.490 e. The van der Waals surface area contributed by atoms with Gasteiger partial charge in [0.2, 0.25) is 0 Å². The van der Waals surface area contributed by atoms with Crippen molar-refractivity contribution >= 4 is 0 Å². The highest BCUT2D eigenvalue weighted by atomic mass is 19.1. The monoisotopic (exact) mass is 510 g/mol. The summed E-state index contributed by atoms with van der Waals surface area (Å²) >= 11 is 0. The van der Waals surface area contributed by atoms with Crippen LogP contribution < -0.4 is 9.47 Å². The standard InChI is InChI=1S/C29H31FO7/c1-16-2-5-18(29-28(34)27(33)26(32)25(14-31)37-29)11-19(16)10-17-3-7-22(8-4-17)35-15-23-13-20-12-21(30)6-9-24(20)36-23/h2-9,11-12,23,25-29,31-34H,10,13-15H2,1H3/t23?,25-,26-,27+,28-,29+/m1/s1. The summed E-state index contributed by atoms with van der Waals surface area (Å²) in [7, 11) is 0. The number of benzene rings is 3. The lowest BCUT2D eigenvalue weighted by Gasteiger charge is -2.40. The number of ether oxygens (including phenoxy) is 3. The quantitative estimate of drug-likeness (QED) is 0.387. The molecule has 2 heterocycles. The third-order valence-electron chi connectivity index (χ3n) is 7.11. The Balaban J connectivity index is 1.22. The van der Waals surface area contributed by atoms with Gasteiger partial charge in [0, 0.05) is 12.0 Å². The van der Waals surface area contributed by atoms with Gasteiger partial charge in [-0.1, -0.05) is 30.3 Å². The van der Waals surface area contributed by atoms with Gasteiger partial charge in [0.15, 0.2) is 0 Å². The van der Waals surface area contributed by atoms with Crippen LogP contribution in [0, 0.1) is 12.7 Å². The molecule has 196 valence electrons. The lowest BCUT2D eigenvalue weighted by atomic mass is 9.89. The zero-order valence-corrected chi connectivity index (χ0v) is 20.5. The van der Waals surface area contributed by atoms with Gasteiger partial charge in [0.25, 0.3) is 0 Å². The summed E-state index contributed by atoms with van der Waals surface area (Å²) < 4.78 is 30.9. The minimum atomic E-state index is -1.42. The third-order valence-corrected chi connectivity index (χ3v) is 7.11. The van der Waals surface area contributed by atoms with Gasteiger partial charge >= 0.3 is 0 Å². The van der Waals surface area contributed by atoms with Crippen LogP contribution >= 0.6 is 0 Å². The second kappa shape index (κ2) is 10.8. The average Bonchev–Trinajstić information content (AvgIpc) is 3.30. The lowest BCUT2D eigenvalue weighted by Crippen LogP contribution is -2.55. The van der Waals surface area contributed by atoms with E-state index in [9.17, 15) is 24.8 Å². The molecule has 5 rings (SSSR count). The molecule has 6 atom stereocenters. The molecule has 0 radical (unpaired) electrons. The predicted molar refractivity (Wildman–Crippen MR) is 133 cm³/mol. The van der Waals surface area contributed by atoms with Crippen molar-refractivity contribution in [3.63, 3.8) is 0 Å². The van der Waals surface area contributed by atoms with E-state index in [-0.39, 0.29) is 11.9 Å². The minimum Gasteiger partial charge on any atom is -0.490 e. The van der Waals surface area contributed by atoms with Crippen molar-refractivity contribution < 1.29 is 39.0 Å². The molecule has 8 heteroatoms. The normalized spacial score (nSPS) is 27.0. The smallest absolute Gasteiger partial charge is 0.137 e. The molecule has 37 heavy (non-hydrogen) atoms. The molecule has 0 aromatic heterocycles. The van der Waals surface area contributed by atoms with Crippen LogP contribution in [-0.4, -0.2) is 64.2 Å². The molecule has 2 aliphatic heterocycles. The molecule has 0 spiro atoms. The van der Waals surface area contributed by atoms with Gasteiger partial charge in [-0.05, 0) is 65.9 Å². The van der Waals surface area contributed by atoms with Crippen molar-refractivity contribution in [1.29, 1.82) is 0 Å². The van der Waals surface area contributed by atoms with E-state index in [1.807, 2.05) is 49.4 Å². The van der Waals surface area contributed by atoms with Gasteiger partial charge < -0.3 is 34.6 Å². The zero-order valence-electron chi connectivity index (χ0n) is 20.5. The van der Waals surface area contributed by atoms with E-state index >= 15 is 0 Å². The first-order valence-corrected chi connectivity index (χ1v) is 12.4. The maximum absolute atomic E-state index is 13.4. The van der Waals surface area contributed by atoms with E-state index < -0.39 is 37.1 Å². The van der Waals surface area contributed by atoms with E-state index in [0.29, 0.717) is 36.5 Å². The van der Waals surface area contributed by atoms with Gasteiger partial charge in [-0.2, -0.15) is 0 Å². The topological polar surface area (TPSA) is 109 Å². The van der Waals surface area contributed by atoms with Crippen LogP contribution in [0.4, 0.5) is 4.39 Å². The van der Waals surface area contributed by atoms with Crippen LogP contribution in [0.25, 0.3) is 0 Å². The van der Waals surface area contributed by atoms with E-state index in [1.54, 1.807) is 6.07 Å². The molecule has 1 fully saturated rings. The van der Waals surface area contributed by atoms with Crippen LogP contribution in [0.1, 0.15) is 33.9 Å². The maximum atomic E-state index is 13.4. The summed E-state index contributed by atoms with van der Waals surface area (Å²) in [5, 5.41) is 40.2. The summed E-state index contributed by atoms with van der Waals surface area (Å²) in [6.45, 7) is 1.89. The Bertz CT molecular complexity index is 1230. The molecule has 1 saturated heterocycles. The average molecular weight is 511 g/mol. The molecule has 0 saturated carbocycles. The van der Waals surface area contributed by atoms with Gasteiger partial charge in [0.05, 0.1) is 6.61 Å². The van der Waals surface area contributed by atoms with Crippen LogP contribution in [0.3, 0.4) is 0 Å². The fourth-order valence-corrected chi connectivity index (χ4v) is 4.93. The number of rotatable bonds is 7. The summed E-state index contributed by atoms with van der Waals surface area (Å²) in [4.78, 5) is 0. The Hall–Kier alpha value is -3.01. The first kappa shape index (κ1) is 25.6. The summed E-state index contributed by atoms with van der Waals surface area (Å²) in [6.07, 6.45) is -4.88. The molecule has 0 bridgehead atoms. The highest BCUT2D eigenvalue weighted by Crippen LogP contribution is 2.34. The van der Waals surface area contributed by atoms with Gasteiger partial charge in [-0.3, -0.25) is 0 Å². The SMILES string of the molecule is Cc1ccc([C@@H]2O[C@H](CO)[C@@H](O)[C@H](O)[C@H]2O)cc1Cc1ccc(OCC2Cc3cc(F)ccc3O2)cc1. The van der Waals surface area contributed by atoms with Crippen molar-refractivity contribution in [2.75, 3.05) is 13.2 Å². The molecular weight excluding hydrogens is 479 g/mol. The molecule has 0 amide bonds. The van der Waals surface area contributed by atoms with Crippen LogP contribution in [0.15, 0.2) is 60.7 Å². The van der Waals surface area contributed by atoms with Crippen LogP contribution in [0.2, 0.25) is 0 Å². The van der Waals surface area contributed by atoms with Gasteiger partial charge in [-0.15, -0.1) is 0 Å². The van der Waals surface area contributed by atoms with E-state index in [4.69, 9.17) is 14.2 Å². The Morgan fingerprint density at radius 2 is 1.73 bits per heavy atom. The maximum Gasteiger partial charge on any atom is 0.137 e. The summed E-state index contributed by atoms with van der Waals surface area (Å²) in [5.41, 5.74) is 4.65. The Morgan fingerprint density at radius 1 is 0.946 bits per heavy atom. The molecule has 2 aliphatic rings. The molecule has 4 N–H and O–H groups in total. The van der Waals surface area contributed by atoms with Gasteiger partial charge in [0.1, 0.15) is 60.5 Å². The molecule has 3 aromatic rings. The highest BCUT2D eigenvalue weighted by molar-refractivity contribution is 5.39. The van der Waals surface area contributed by atoms with Crippen molar-refractivity contribution in [2.24, 2.45) is 0 Å². The van der Waals surface area contributed by atoms with Crippen molar-refractivity contribution in [3.8, 4) is 11.5 Å². The van der Waals surface area contributed by atoms with Crippen molar-refractivity contribution in [2.45, 2.75) is 56.4 Å². The summed E-state index contributed by atoms with van der Waals surface area (Å²) in [5.74, 6) is 1.14.